The Kier molecular flexibility index (Phi) is 35.8. The van der Waals surface area contributed by atoms with Crippen molar-refractivity contribution in [1.29, 1.82) is 0 Å². The highest BCUT2D eigenvalue weighted by molar-refractivity contribution is 7.47. The summed E-state index contributed by atoms with van der Waals surface area (Å²) in [5, 5.41) is 0. The van der Waals surface area contributed by atoms with Crippen molar-refractivity contribution in [2.75, 3.05) is 26.4 Å². The number of carbonyl (C=O) groups excluding carboxylic acids is 2. The lowest BCUT2D eigenvalue weighted by molar-refractivity contribution is -0.161. The highest BCUT2D eigenvalue weighted by Gasteiger charge is 2.25. The molecule has 0 rings (SSSR count). The minimum absolute atomic E-state index is 0.0429. The van der Waals surface area contributed by atoms with Crippen LogP contribution < -0.4 is 5.73 Å². The number of phosphoric ester groups is 1. The van der Waals surface area contributed by atoms with Gasteiger partial charge in [-0.05, 0) is 77.0 Å². The summed E-state index contributed by atoms with van der Waals surface area (Å²) in [4.78, 5) is 34.7. The van der Waals surface area contributed by atoms with Gasteiger partial charge in [-0.3, -0.25) is 18.6 Å². The van der Waals surface area contributed by atoms with Crippen LogP contribution in [0, 0.1) is 0 Å². The van der Waals surface area contributed by atoms with Crippen LogP contribution in [0.4, 0.5) is 0 Å². The lowest BCUT2D eigenvalue weighted by atomic mass is 10.1. The third kappa shape index (κ3) is 37.3. The smallest absolute Gasteiger partial charge is 0.462 e. The van der Waals surface area contributed by atoms with E-state index in [9.17, 15) is 19.0 Å². The number of allylic oxidation sites excluding steroid dienone is 10. The molecule has 3 N–H and O–H groups in total. The summed E-state index contributed by atoms with van der Waals surface area (Å²) in [6.07, 6.45) is 42.5. The quantitative estimate of drug-likeness (QED) is 0.0279. The van der Waals surface area contributed by atoms with Crippen LogP contribution in [0.15, 0.2) is 60.8 Å². The van der Waals surface area contributed by atoms with Gasteiger partial charge in [-0.1, -0.05) is 126 Å². The van der Waals surface area contributed by atoms with Crippen molar-refractivity contribution in [3.8, 4) is 0 Å². The molecule has 0 bridgehead atoms. The summed E-state index contributed by atoms with van der Waals surface area (Å²) >= 11 is 0. The van der Waals surface area contributed by atoms with Gasteiger partial charge in [-0.15, -0.1) is 0 Å². The van der Waals surface area contributed by atoms with E-state index in [0.29, 0.717) is 12.8 Å². The average molecular weight is 738 g/mol. The molecule has 0 heterocycles. The molecule has 2 atom stereocenters. The highest BCUT2D eigenvalue weighted by Crippen LogP contribution is 2.43. The van der Waals surface area contributed by atoms with Gasteiger partial charge in [0, 0.05) is 19.4 Å². The minimum Gasteiger partial charge on any atom is -0.462 e. The van der Waals surface area contributed by atoms with Gasteiger partial charge in [0.1, 0.15) is 6.61 Å². The number of phosphoric acid groups is 1. The minimum atomic E-state index is -4.39. The number of esters is 2. The fourth-order valence-electron chi connectivity index (χ4n) is 4.97. The summed E-state index contributed by atoms with van der Waals surface area (Å²) in [5.41, 5.74) is 5.33. The zero-order valence-corrected chi connectivity index (χ0v) is 33.0. The van der Waals surface area contributed by atoms with E-state index in [1.165, 1.54) is 44.9 Å². The molecular formula is C41H72NO8P. The fraction of sp³-hybridized carbons (Fsp3) is 0.707. The van der Waals surface area contributed by atoms with Crippen LogP contribution in [0.1, 0.15) is 155 Å². The first-order valence-electron chi connectivity index (χ1n) is 19.8. The molecule has 10 heteroatoms. The van der Waals surface area contributed by atoms with E-state index >= 15 is 0 Å². The third-order valence-electron chi connectivity index (χ3n) is 7.89. The van der Waals surface area contributed by atoms with Gasteiger partial charge in [0.25, 0.3) is 0 Å². The molecule has 0 saturated heterocycles. The molecule has 0 radical (unpaired) electrons. The Morgan fingerprint density at radius 3 is 1.67 bits per heavy atom. The van der Waals surface area contributed by atoms with Crippen LogP contribution in [-0.4, -0.2) is 49.3 Å². The molecule has 0 aliphatic rings. The van der Waals surface area contributed by atoms with Gasteiger partial charge < -0.3 is 20.1 Å². The van der Waals surface area contributed by atoms with Gasteiger partial charge in [-0.25, -0.2) is 4.57 Å². The first-order chi connectivity index (χ1) is 24.8. The molecule has 51 heavy (non-hydrogen) atoms. The predicted molar refractivity (Wildman–Crippen MR) is 210 cm³/mol. The highest BCUT2D eigenvalue weighted by atomic mass is 31.2. The second-order valence-corrected chi connectivity index (χ2v) is 14.2. The molecule has 0 aromatic carbocycles. The van der Waals surface area contributed by atoms with E-state index in [4.69, 9.17) is 24.3 Å². The van der Waals surface area contributed by atoms with Crippen LogP contribution in [0.2, 0.25) is 0 Å². The lowest BCUT2D eigenvalue weighted by Crippen LogP contribution is -2.29. The first kappa shape index (κ1) is 48.7. The van der Waals surface area contributed by atoms with E-state index in [1.807, 2.05) is 0 Å². The van der Waals surface area contributed by atoms with Crippen molar-refractivity contribution >= 4 is 19.8 Å². The molecule has 0 aliphatic carbocycles. The van der Waals surface area contributed by atoms with Crippen molar-refractivity contribution in [3.05, 3.63) is 60.8 Å². The fourth-order valence-corrected chi connectivity index (χ4v) is 5.74. The molecule has 0 amide bonds. The van der Waals surface area contributed by atoms with Gasteiger partial charge in [0.2, 0.25) is 0 Å². The maximum Gasteiger partial charge on any atom is 0.472 e. The number of hydrogen-bond donors (Lipinski definition) is 2. The van der Waals surface area contributed by atoms with E-state index < -0.39 is 32.5 Å². The average Bonchev–Trinajstić information content (AvgIpc) is 3.11. The monoisotopic (exact) mass is 737 g/mol. The van der Waals surface area contributed by atoms with Gasteiger partial charge in [0.05, 0.1) is 13.2 Å². The van der Waals surface area contributed by atoms with Crippen LogP contribution in [0.5, 0.6) is 0 Å². The summed E-state index contributed by atoms with van der Waals surface area (Å²) in [6, 6.07) is 0. The standard InChI is InChI=1S/C41H72NO8P/c1-3-5-7-9-11-13-15-17-19-21-23-25-27-29-31-33-40(43)47-37-39(38-49-51(45,46)48-36-35-42)50-41(44)34-32-30-28-26-24-22-20-18-16-14-12-10-8-6-4-2/h6,8,12,14,17-20,24,26,39H,3-5,7,9-11,13,15-16,21-23,25,27-38,42H2,1-2H3,(H,45,46)/b8-6-,14-12-,19-17-,20-18-,26-24-. The summed E-state index contributed by atoms with van der Waals surface area (Å²) in [5.74, 6) is -0.893. The van der Waals surface area contributed by atoms with E-state index in [2.05, 4.69) is 74.6 Å². The van der Waals surface area contributed by atoms with E-state index in [-0.39, 0.29) is 32.6 Å². The lowest BCUT2D eigenvalue weighted by Gasteiger charge is -2.19. The van der Waals surface area contributed by atoms with Crippen LogP contribution in [-0.2, 0) is 32.7 Å². The van der Waals surface area contributed by atoms with Crippen LogP contribution in [0.25, 0.3) is 0 Å². The summed E-state index contributed by atoms with van der Waals surface area (Å²) in [7, 11) is -4.39. The number of rotatable bonds is 36. The molecule has 0 spiro atoms. The largest absolute Gasteiger partial charge is 0.472 e. The van der Waals surface area contributed by atoms with Crippen LogP contribution >= 0.6 is 7.82 Å². The number of carbonyl (C=O) groups is 2. The van der Waals surface area contributed by atoms with Crippen molar-refractivity contribution in [3.63, 3.8) is 0 Å². The van der Waals surface area contributed by atoms with E-state index in [1.54, 1.807) is 0 Å². The maximum atomic E-state index is 12.5. The Bertz CT molecular complexity index is 1020. The number of ether oxygens (including phenoxy) is 2. The Morgan fingerprint density at radius 2 is 1.08 bits per heavy atom. The number of nitrogens with two attached hydrogens (primary N) is 1. The molecule has 0 aliphatic heterocycles. The molecule has 0 aromatic rings. The second-order valence-electron chi connectivity index (χ2n) is 12.8. The molecule has 9 nitrogen and oxygen atoms in total. The normalized spacial score (nSPS) is 14.0. The van der Waals surface area contributed by atoms with Crippen molar-refractivity contribution in [2.24, 2.45) is 5.73 Å². The first-order valence-corrected chi connectivity index (χ1v) is 21.3. The Balaban J connectivity index is 4.30. The van der Waals surface area contributed by atoms with Gasteiger partial charge in [0.15, 0.2) is 6.10 Å². The van der Waals surface area contributed by atoms with E-state index in [0.717, 1.165) is 70.6 Å². The van der Waals surface area contributed by atoms with Crippen molar-refractivity contribution in [2.45, 2.75) is 161 Å². The van der Waals surface area contributed by atoms with Gasteiger partial charge in [-0.2, -0.15) is 0 Å². The third-order valence-corrected chi connectivity index (χ3v) is 8.87. The predicted octanol–water partition coefficient (Wildman–Crippen LogP) is 10.9. The Labute approximate surface area is 310 Å². The maximum absolute atomic E-state index is 12.5. The zero-order valence-electron chi connectivity index (χ0n) is 32.1. The molecule has 0 saturated carbocycles. The Hall–Kier alpha value is -2.29. The van der Waals surface area contributed by atoms with Crippen LogP contribution in [0.3, 0.4) is 0 Å². The van der Waals surface area contributed by atoms with Crippen molar-refractivity contribution in [1.82, 2.24) is 0 Å². The zero-order chi connectivity index (χ0) is 37.5. The van der Waals surface area contributed by atoms with Crippen molar-refractivity contribution < 1.29 is 37.6 Å². The molecule has 0 aromatic heterocycles. The number of hydrogen-bond acceptors (Lipinski definition) is 8. The Morgan fingerprint density at radius 1 is 0.608 bits per heavy atom. The molecule has 2 unspecified atom stereocenters. The molecular weight excluding hydrogens is 665 g/mol. The molecule has 294 valence electrons. The molecule has 0 fully saturated rings. The second kappa shape index (κ2) is 37.5. The van der Waals surface area contributed by atoms with Gasteiger partial charge >= 0.3 is 19.8 Å². The summed E-state index contributed by atoms with van der Waals surface area (Å²) < 4.78 is 32.6. The number of unbranched alkanes of at least 4 members (excludes halogenated alkanes) is 13. The SMILES string of the molecule is CC/C=C\C/C=C\C/C=C\C/C=C\CCCCC(=O)OC(COC(=O)CCCCCCC/C=C\CCCCCCCC)COP(=O)(O)OCCN. The topological polar surface area (TPSA) is 134 Å². The summed E-state index contributed by atoms with van der Waals surface area (Å²) in [6.45, 7) is 3.53.